The highest BCUT2D eigenvalue weighted by Crippen LogP contribution is 2.28. The first-order valence-corrected chi connectivity index (χ1v) is 11.7. The van der Waals surface area contributed by atoms with Crippen LogP contribution in [0.25, 0.3) is 27.5 Å². The Kier molecular flexibility index (Phi) is 6.43. The number of hydrogen-bond acceptors (Lipinski definition) is 7. The Hall–Kier alpha value is -4.90. The summed E-state index contributed by atoms with van der Waals surface area (Å²) in [6.07, 6.45) is 0. The molecule has 1 amide bonds. The predicted octanol–water partition coefficient (Wildman–Crippen LogP) is 5.01. The summed E-state index contributed by atoms with van der Waals surface area (Å²) in [5, 5.41) is 28.2. The van der Waals surface area contributed by atoms with Gasteiger partial charge in [-0.05, 0) is 60.9 Å². The molecular weight excluding hydrogens is 492 g/mol. The third-order valence-corrected chi connectivity index (χ3v) is 5.77. The number of nitrogens with one attached hydrogen (secondary N) is 2. The van der Waals surface area contributed by atoms with Crippen molar-refractivity contribution in [1.29, 1.82) is 0 Å². The summed E-state index contributed by atoms with van der Waals surface area (Å²) < 4.78 is 5.26. The number of ether oxygens (including phenoxy) is 1. The molecule has 0 spiro atoms. The Morgan fingerprint density at radius 3 is 2.62 bits per heavy atom. The molecule has 0 fully saturated rings. The molecule has 10 nitrogen and oxygen atoms in total. The zero-order chi connectivity index (χ0) is 25.9. The number of aromatic nitrogens is 3. The second kappa shape index (κ2) is 9.99. The van der Waals surface area contributed by atoms with Crippen molar-refractivity contribution < 1.29 is 14.5 Å². The molecule has 4 aromatic carbocycles. The number of thiocarbonyl (C=S) groups is 1. The number of amides is 1. The summed E-state index contributed by atoms with van der Waals surface area (Å²) in [7, 11) is 0. The van der Waals surface area contributed by atoms with Gasteiger partial charge in [-0.15, -0.1) is 15.0 Å². The fourth-order valence-corrected chi connectivity index (χ4v) is 4.11. The van der Waals surface area contributed by atoms with E-state index in [1.807, 2.05) is 42.5 Å². The van der Waals surface area contributed by atoms with Crippen LogP contribution < -0.4 is 15.4 Å². The number of carbonyl (C=O) groups is 1. The molecule has 0 unspecified atom stereocenters. The number of nitrogens with zero attached hydrogens (tertiary/aromatic N) is 4. The molecule has 0 radical (unpaired) electrons. The SMILES string of the molecule is CCOc1ccc(C(=O)NC(=S)Nc2ccc3nn(-c4cccc5ccccc45)nc3c2)cc1[N+](=O)[O-]. The number of fused-ring (bicyclic) bond motifs is 2. The fraction of sp³-hybridized carbons (Fsp3) is 0.0769. The number of carbonyl (C=O) groups excluding carboxylic acids is 1. The van der Waals surface area contributed by atoms with Crippen molar-refractivity contribution in [2.75, 3.05) is 11.9 Å². The van der Waals surface area contributed by atoms with Gasteiger partial charge in [0.15, 0.2) is 10.9 Å². The molecule has 0 aliphatic heterocycles. The van der Waals surface area contributed by atoms with Crippen LogP contribution in [-0.2, 0) is 0 Å². The van der Waals surface area contributed by atoms with Gasteiger partial charge in [-0.25, -0.2) is 0 Å². The van der Waals surface area contributed by atoms with Gasteiger partial charge < -0.3 is 10.1 Å². The maximum Gasteiger partial charge on any atom is 0.311 e. The van der Waals surface area contributed by atoms with Gasteiger partial charge in [0.2, 0.25) is 0 Å². The van der Waals surface area contributed by atoms with Gasteiger partial charge in [0.1, 0.15) is 11.0 Å². The van der Waals surface area contributed by atoms with Crippen molar-refractivity contribution in [2.45, 2.75) is 6.92 Å². The number of benzene rings is 4. The number of hydrogen-bond donors (Lipinski definition) is 2. The summed E-state index contributed by atoms with van der Waals surface area (Å²) >= 11 is 5.28. The molecule has 37 heavy (non-hydrogen) atoms. The molecule has 11 heteroatoms. The highest BCUT2D eigenvalue weighted by molar-refractivity contribution is 7.80. The van der Waals surface area contributed by atoms with Crippen LogP contribution in [0.15, 0.2) is 78.9 Å². The fourth-order valence-electron chi connectivity index (χ4n) is 3.90. The Morgan fingerprint density at radius 1 is 1.03 bits per heavy atom. The molecule has 0 bridgehead atoms. The summed E-state index contributed by atoms with van der Waals surface area (Å²) in [4.78, 5) is 25.0. The number of anilines is 1. The number of rotatable bonds is 6. The third kappa shape index (κ3) is 4.93. The van der Waals surface area contributed by atoms with Gasteiger partial charge >= 0.3 is 5.69 Å². The highest BCUT2D eigenvalue weighted by Gasteiger charge is 2.19. The second-order valence-corrected chi connectivity index (χ2v) is 8.38. The Bertz CT molecular complexity index is 1680. The molecule has 0 aliphatic carbocycles. The topological polar surface area (TPSA) is 124 Å². The van der Waals surface area contributed by atoms with E-state index < -0.39 is 10.8 Å². The van der Waals surface area contributed by atoms with E-state index in [-0.39, 0.29) is 28.7 Å². The summed E-state index contributed by atoms with van der Waals surface area (Å²) in [5.74, 6) is -0.499. The van der Waals surface area contributed by atoms with Crippen LogP contribution in [0.3, 0.4) is 0 Å². The largest absolute Gasteiger partial charge is 0.487 e. The molecule has 2 N–H and O–H groups in total. The van der Waals surface area contributed by atoms with E-state index in [0.717, 1.165) is 22.5 Å². The zero-order valence-corrected chi connectivity index (χ0v) is 20.4. The van der Waals surface area contributed by atoms with Crippen molar-refractivity contribution >= 4 is 56.4 Å². The van der Waals surface area contributed by atoms with Crippen LogP contribution in [0.1, 0.15) is 17.3 Å². The minimum Gasteiger partial charge on any atom is -0.487 e. The average molecular weight is 513 g/mol. The van der Waals surface area contributed by atoms with Crippen molar-refractivity contribution in [2.24, 2.45) is 0 Å². The van der Waals surface area contributed by atoms with Crippen molar-refractivity contribution in [3.63, 3.8) is 0 Å². The van der Waals surface area contributed by atoms with E-state index in [0.29, 0.717) is 16.7 Å². The summed E-state index contributed by atoms with van der Waals surface area (Å²) in [6.45, 7) is 1.98. The minimum atomic E-state index is -0.598. The van der Waals surface area contributed by atoms with E-state index in [1.165, 1.54) is 12.1 Å². The molecular formula is C26H20N6O4S. The van der Waals surface area contributed by atoms with Crippen molar-refractivity contribution in [3.05, 3.63) is 94.5 Å². The molecule has 1 aromatic heterocycles. The van der Waals surface area contributed by atoms with E-state index in [1.54, 1.807) is 29.9 Å². The molecule has 184 valence electrons. The first-order valence-electron chi connectivity index (χ1n) is 11.3. The normalized spacial score (nSPS) is 10.8. The van der Waals surface area contributed by atoms with Gasteiger partial charge in [0.05, 0.1) is 17.2 Å². The van der Waals surface area contributed by atoms with Gasteiger partial charge in [0.25, 0.3) is 5.91 Å². The maximum atomic E-state index is 12.6. The first-order chi connectivity index (χ1) is 17.9. The summed E-state index contributed by atoms with van der Waals surface area (Å²) in [6, 6.07) is 23.3. The van der Waals surface area contributed by atoms with Gasteiger partial charge in [-0.2, -0.15) is 0 Å². The van der Waals surface area contributed by atoms with E-state index in [2.05, 4.69) is 20.8 Å². The monoisotopic (exact) mass is 512 g/mol. The van der Waals surface area contributed by atoms with Crippen LogP contribution in [0.4, 0.5) is 11.4 Å². The third-order valence-electron chi connectivity index (χ3n) is 5.57. The Labute approximate surface area is 216 Å². The van der Waals surface area contributed by atoms with E-state index in [9.17, 15) is 14.9 Å². The van der Waals surface area contributed by atoms with Crippen LogP contribution in [-0.4, -0.2) is 37.5 Å². The van der Waals surface area contributed by atoms with Crippen LogP contribution in [0.5, 0.6) is 5.75 Å². The first kappa shape index (κ1) is 23.8. The van der Waals surface area contributed by atoms with Crippen LogP contribution in [0, 0.1) is 10.1 Å². The van der Waals surface area contributed by atoms with Gasteiger partial charge in [-0.3, -0.25) is 20.2 Å². The highest BCUT2D eigenvalue weighted by atomic mass is 32.1. The molecule has 5 aromatic rings. The number of nitro groups is 1. The molecule has 0 atom stereocenters. The van der Waals surface area contributed by atoms with Crippen molar-refractivity contribution in [3.8, 4) is 11.4 Å². The zero-order valence-electron chi connectivity index (χ0n) is 19.5. The Balaban J connectivity index is 1.33. The molecule has 0 saturated carbocycles. The van der Waals surface area contributed by atoms with Gasteiger partial charge in [0, 0.05) is 22.7 Å². The second-order valence-electron chi connectivity index (χ2n) is 7.97. The van der Waals surface area contributed by atoms with Crippen molar-refractivity contribution in [1.82, 2.24) is 20.3 Å². The van der Waals surface area contributed by atoms with E-state index in [4.69, 9.17) is 17.0 Å². The molecule has 0 saturated heterocycles. The summed E-state index contributed by atoms with van der Waals surface area (Å²) in [5.41, 5.74) is 2.56. The van der Waals surface area contributed by atoms with Crippen LogP contribution in [0.2, 0.25) is 0 Å². The average Bonchev–Trinajstić information content (AvgIpc) is 3.31. The quantitative estimate of drug-likeness (QED) is 0.185. The molecule has 0 aliphatic rings. The smallest absolute Gasteiger partial charge is 0.311 e. The maximum absolute atomic E-state index is 12.6. The number of nitro benzene ring substituents is 1. The molecule has 1 heterocycles. The van der Waals surface area contributed by atoms with Gasteiger partial charge in [-0.1, -0.05) is 36.4 Å². The van der Waals surface area contributed by atoms with Crippen LogP contribution >= 0.6 is 12.2 Å². The predicted molar refractivity (Wildman–Crippen MR) is 144 cm³/mol. The lowest BCUT2D eigenvalue weighted by Crippen LogP contribution is -2.34. The minimum absolute atomic E-state index is 0.0299. The standard InChI is InChI=1S/C26H20N6O4S/c1-2-36-24-13-10-17(14-23(24)32(34)35)25(33)28-26(37)27-18-11-12-20-21(15-18)30-31(29-20)22-9-5-7-16-6-3-4-8-19(16)22/h3-15H,2H2,1H3,(H2,27,28,33,37). The van der Waals surface area contributed by atoms with E-state index >= 15 is 0 Å². The lowest BCUT2D eigenvalue weighted by molar-refractivity contribution is -0.385. The lowest BCUT2D eigenvalue weighted by Gasteiger charge is -2.10. The lowest BCUT2D eigenvalue weighted by atomic mass is 10.1. The Morgan fingerprint density at radius 2 is 1.81 bits per heavy atom. The molecule has 5 rings (SSSR count).